The molecule has 0 spiro atoms. The first-order valence-corrected chi connectivity index (χ1v) is 5.60. The van der Waals surface area contributed by atoms with E-state index in [2.05, 4.69) is 21.9 Å². The SMILES string of the molecule is Nc1ccc(SSS)nn1. The Morgan fingerprint density at radius 2 is 2.20 bits per heavy atom. The lowest BCUT2D eigenvalue weighted by atomic mass is 10.5. The van der Waals surface area contributed by atoms with Gasteiger partial charge in [0.05, 0.1) is 0 Å². The van der Waals surface area contributed by atoms with E-state index in [-0.39, 0.29) is 0 Å². The van der Waals surface area contributed by atoms with E-state index in [1.807, 2.05) is 0 Å². The van der Waals surface area contributed by atoms with E-state index in [9.17, 15) is 0 Å². The van der Waals surface area contributed by atoms with Gasteiger partial charge in [0.1, 0.15) is 10.8 Å². The van der Waals surface area contributed by atoms with Crippen LogP contribution in [0.25, 0.3) is 0 Å². The molecule has 54 valence electrons. The van der Waals surface area contributed by atoms with Gasteiger partial charge in [0.2, 0.25) is 0 Å². The minimum atomic E-state index is 0.438. The van der Waals surface area contributed by atoms with E-state index >= 15 is 0 Å². The highest BCUT2D eigenvalue weighted by atomic mass is 33.5. The Kier molecular flexibility index (Phi) is 3.17. The summed E-state index contributed by atoms with van der Waals surface area (Å²) in [5, 5.41) is 8.26. The van der Waals surface area contributed by atoms with Crippen molar-refractivity contribution in [3.8, 4) is 0 Å². The molecular formula is C4H5N3S3. The second-order valence-corrected chi connectivity index (χ2v) is 4.48. The van der Waals surface area contributed by atoms with Gasteiger partial charge in [-0.05, 0) is 32.8 Å². The Balaban J connectivity index is 2.69. The molecule has 0 bridgehead atoms. The predicted octanol–water partition coefficient (Wildman–Crippen LogP) is 1.64. The van der Waals surface area contributed by atoms with Gasteiger partial charge >= 0.3 is 0 Å². The molecule has 0 amide bonds. The maximum atomic E-state index is 5.31. The number of aromatic nitrogens is 2. The van der Waals surface area contributed by atoms with E-state index in [1.165, 1.54) is 20.6 Å². The van der Waals surface area contributed by atoms with Crippen LogP contribution in [0.3, 0.4) is 0 Å². The van der Waals surface area contributed by atoms with Gasteiger partial charge < -0.3 is 5.73 Å². The molecule has 0 aromatic carbocycles. The summed E-state index contributed by atoms with van der Waals surface area (Å²) in [6.45, 7) is 0. The summed E-state index contributed by atoms with van der Waals surface area (Å²) in [4.78, 5) is 0. The molecule has 1 rings (SSSR count). The summed E-state index contributed by atoms with van der Waals surface area (Å²) in [6, 6.07) is 3.51. The van der Waals surface area contributed by atoms with Gasteiger partial charge in [0.15, 0.2) is 0 Å². The van der Waals surface area contributed by atoms with Gasteiger partial charge in [-0.1, -0.05) is 11.7 Å². The summed E-state index contributed by atoms with van der Waals surface area (Å²) in [6.07, 6.45) is 0. The number of hydrogen-bond acceptors (Lipinski definition) is 6. The normalized spacial score (nSPS) is 9.70. The molecule has 0 saturated heterocycles. The summed E-state index contributed by atoms with van der Waals surface area (Å²) in [5.41, 5.74) is 5.31. The molecule has 6 heteroatoms. The fourth-order valence-corrected chi connectivity index (χ4v) is 1.87. The van der Waals surface area contributed by atoms with Crippen LogP contribution in [0.5, 0.6) is 0 Å². The number of nitrogens with two attached hydrogens (primary N) is 1. The fourth-order valence-electron chi connectivity index (χ4n) is 0.413. The van der Waals surface area contributed by atoms with Crippen LogP contribution in [-0.2, 0) is 0 Å². The fraction of sp³-hybridized carbons (Fsp3) is 0. The third-order valence-electron chi connectivity index (χ3n) is 0.783. The third-order valence-corrected chi connectivity index (χ3v) is 2.65. The zero-order valence-corrected chi connectivity index (χ0v) is 7.42. The van der Waals surface area contributed by atoms with Crippen LogP contribution in [-0.4, -0.2) is 10.2 Å². The molecule has 0 fully saturated rings. The Morgan fingerprint density at radius 3 is 2.70 bits per heavy atom. The van der Waals surface area contributed by atoms with E-state index < -0.39 is 0 Å². The number of nitrogen functional groups attached to an aromatic ring is 1. The van der Waals surface area contributed by atoms with E-state index in [0.29, 0.717) is 5.82 Å². The van der Waals surface area contributed by atoms with Crippen LogP contribution in [0.4, 0.5) is 5.82 Å². The highest BCUT2D eigenvalue weighted by Gasteiger charge is 1.93. The molecule has 0 atom stereocenters. The summed E-state index contributed by atoms with van der Waals surface area (Å²) in [5.74, 6) is 0.438. The molecule has 1 aromatic heterocycles. The molecule has 0 aliphatic carbocycles. The van der Waals surface area contributed by atoms with Crippen LogP contribution in [0.15, 0.2) is 17.2 Å². The van der Waals surface area contributed by atoms with Crippen molar-refractivity contribution in [1.82, 2.24) is 10.2 Å². The van der Waals surface area contributed by atoms with Gasteiger partial charge in [0.25, 0.3) is 0 Å². The molecule has 0 aliphatic rings. The van der Waals surface area contributed by atoms with E-state index in [4.69, 9.17) is 5.73 Å². The molecular weight excluding hydrogens is 186 g/mol. The molecule has 0 radical (unpaired) electrons. The van der Waals surface area contributed by atoms with Gasteiger partial charge in [-0.15, -0.1) is 10.2 Å². The van der Waals surface area contributed by atoms with Crippen LogP contribution in [0, 0.1) is 0 Å². The minimum absolute atomic E-state index is 0.438. The maximum Gasteiger partial charge on any atom is 0.146 e. The first-order valence-electron chi connectivity index (χ1n) is 2.40. The molecule has 1 heterocycles. The maximum absolute atomic E-state index is 5.31. The minimum Gasteiger partial charge on any atom is -0.382 e. The largest absolute Gasteiger partial charge is 0.382 e. The first kappa shape index (κ1) is 8.03. The zero-order valence-electron chi connectivity index (χ0n) is 4.89. The van der Waals surface area contributed by atoms with Crippen molar-refractivity contribution in [3.05, 3.63) is 12.1 Å². The van der Waals surface area contributed by atoms with Crippen molar-refractivity contribution in [1.29, 1.82) is 0 Å². The Bertz CT molecular complexity index is 199. The van der Waals surface area contributed by atoms with Gasteiger partial charge in [-0.2, -0.15) is 0 Å². The Morgan fingerprint density at radius 1 is 1.40 bits per heavy atom. The van der Waals surface area contributed by atoms with Crippen LogP contribution < -0.4 is 5.73 Å². The predicted molar refractivity (Wildman–Crippen MR) is 48.9 cm³/mol. The number of anilines is 1. The Hall–Kier alpha value is -0.0700. The van der Waals surface area contributed by atoms with Gasteiger partial charge in [-0.25, -0.2) is 0 Å². The molecule has 2 N–H and O–H groups in total. The van der Waals surface area contributed by atoms with E-state index in [0.717, 1.165) is 5.03 Å². The number of thiol groups is 1. The average molecular weight is 191 g/mol. The molecule has 0 aliphatic heterocycles. The third kappa shape index (κ3) is 2.28. The van der Waals surface area contributed by atoms with Crippen molar-refractivity contribution < 1.29 is 0 Å². The topological polar surface area (TPSA) is 51.8 Å². The van der Waals surface area contributed by atoms with Gasteiger partial charge in [-0.3, -0.25) is 0 Å². The second-order valence-electron chi connectivity index (χ2n) is 1.45. The lowest BCUT2D eigenvalue weighted by Crippen LogP contribution is -1.91. The number of rotatable bonds is 2. The average Bonchev–Trinajstić information content (AvgIpc) is 1.95. The second kappa shape index (κ2) is 3.95. The van der Waals surface area contributed by atoms with E-state index in [1.54, 1.807) is 12.1 Å². The molecule has 0 saturated carbocycles. The quantitative estimate of drug-likeness (QED) is 0.550. The number of hydrogen-bond donors (Lipinski definition) is 2. The molecule has 10 heavy (non-hydrogen) atoms. The van der Waals surface area contributed by atoms with Crippen molar-refractivity contribution in [2.45, 2.75) is 5.03 Å². The highest BCUT2D eigenvalue weighted by molar-refractivity contribution is 9.05. The van der Waals surface area contributed by atoms with Crippen LogP contribution in [0.1, 0.15) is 0 Å². The van der Waals surface area contributed by atoms with Crippen molar-refractivity contribution in [2.24, 2.45) is 0 Å². The lowest BCUT2D eigenvalue weighted by molar-refractivity contribution is 0.942. The first-order chi connectivity index (χ1) is 4.83. The monoisotopic (exact) mass is 191 g/mol. The van der Waals surface area contributed by atoms with Crippen LogP contribution >= 0.6 is 32.3 Å². The summed E-state index contributed by atoms with van der Waals surface area (Å²) in [7, 11) is 2.76. The van der Waals surface area contributed by atoms with Crippen molar-refractivity contribution in [3.63, 3.8) is 0 Å². The Labute approximate surface area is 71.4 Å². The zero-order chi connectivity index (χ0) is 7.40. The lowest BCUT2D eigenvalue weighted by Gasteiger charge is -1.93. The van der Waals surface area contributed by atoms with Gasteiger partial charge in [0, 0.05) is 0 Å². The molecule has 3 nitrogen and oxygen atoms in total. The standard InChI is InChI=1S/C4H5N3S3/c5-3-1-2-4(7-6-3)9-10-8/h1-2,8H,(H2,5,6). The van der Waals surface area contributed by atoms with Crippen LogP contribution in [0.2, 0.25) is 0 Å². The number of nitrogens with zero attached hydrogens (tertiary/aromatic N) is 2. The van der Waals surface area contributed by atoms with Crippen molar-refractivity contribution >= 4 is 38.1 Å². The smallest absolute Gasteiger partial charge is 0.146 e. The highest BCUT2D eigenvalue weighted by Crippen LogP contribution is 2.31. The molecule has 0 unspecified atom stereocenters. The summed E-state index contributed by atoms with van der Waals surface area (Å²) < 4.78 is 0. The van der Waals surface area contributed by atoms with Crippen molar-refractivity contribution in [2.75, 3.05) is 5.73 Å². The summed E-state index contributed by atoms with van der Waals surface area (Å²) >= 11 is 3.94. The molecule has 1 aromatic rings.